The van der Waals surface area contributed by atoms with Gasteiger partial charge in [0.05, 0.1) is 11.9 Å². The van der Waals surface area contributed by atoms with Gasteiger partial charge in [0, 0.05) is 6.54 Å². The maximum atomic E-state index is 12.9. The molecular formula is C20H18N4O. The Morgan fingerprint density at radius 2 is 1.64 bits per heavy atom. The standard InChI is InChI=1S/C20H18N4O/c1-15-22-19-18(14-21-24(19)17-10-6-3-7-11-17)20(25)23(15)13-12-16-8-4-2-5-9-16/h2-11,14H,12-13H2,1H3. The van der Waals surface area contributed by atoms with Crippen LogP contribution in [0.15, 0.2) is 71.7 Å². The Morgan fingerprint density at radius 3 is 2.36 bits per heavy atom. The van der Waals surface area contributed by atoms with Gasteiger partial charge in [-0.1, -0.05) is 48.5 Å². The van der Waals surface area contributed by atoms with Crippen molar-refractivity contribution in [3.05, 3.63) is 88.6 Å². The molecule has 0 amide bonds. The Kier molecular flexibility index (Phi) is 3.90. The van der Waals surface area contributed by atoms with Gasteiger partial charge in [-0.25, -0.2) is 9.67 Å². The lowest BCUT2D eigenvalue weighted by molar-refractivity contribution is 0.637. The summed E-state index contributed by atoms with van der Waals surface area (Å²) in [7, 11) is 0. The molecule has 0 spiro atoms. The van der Waals surface area contributed by atoms with Crippen LogP contribution in [0.2, 0.25) is 0 Å². The van der Waals surface area contributed by atoms with Gasteiger partial charge in [-0.15, -0.1) is 0 Å². The largest absolute Gasteiger partial charge is 0.296 e. The van der Waals surface area contributed by atoms with Gasteiger partial charge in [0.1, 0.15) is 11.2 Å². The van der Waals surface area contributed by atoms with Crippen LogP contribution in [0.1, 0.15) is 11.4 Å². The summed E-state index contributed by atoms with van der Waals surface area (Å²) in [5, 5.41) is 4.91. The molecule has 5 heteroatoms. The Hall–Kier alpha value is -3.21. The van der Waals surface area contributed by atoms with Crippen molar-refractivity contribution in [1.82, 2.24) is 19.3 Å². The Morgan fingerprint density at radius 1 is 0.960 bits per heavy atom. The predicted octanol–water partition coefficient (Wildman–Crippen LogP) is 3.13. The SMILES string of the molecule is Cc1nc2c(cnn2-c2ccccc2)c(=O)n1CCc1ccccc1. The van der Waals surface area contributed by atoms with E-state index in [4.69, 9.17) is 0 Å². The van der Waals surface area contributed by atoms with Crippen LogP contribution in [0, 0.1) is 6.92 Å². The predicted molar refractivity (Wildman–Crippen MR) is 98.0 cm³/mol. The van der Waals surface area contributed by atoms with Gasteiger partial charge in [0.2, 0.25) is 0 Å². The summed E-state index contributed by atoms with van der Waals surface area (Å²) in [6.45, 7) is 2.47. The highest BCUT2D eigenvalue weighted by Gasteiger charge is 2.13. The third-order valence-electron chi connectivity index (χ3n) is 4.35. The summed E-state index contributed by atoms with van der Waals surface area (Å²) in [6, 6.07) is 19.9. The molecule has 0 aliphatic heterocycles. The lowest BCUT2D eigenvalue weighted by Gasteiger charge is -2.10. The molecule has 2 heterocycles. The Labute approximate surface area is 145 Å². The van der Waals surface area contributed by atoms with Crippen LogP contribution in [0.5, 0.6) is 0 Å². The minimum Gasteiger partial charge on any atom is -0.296 e. The number of fused-ring (bicyclic) bond motifs is 1. The minimum atomic E-state index is -0.0411. The molecule has 5 nitrogen and oxygen atoms in total. The maximum absolute atomic E-state index is 12.9. The van der Waals surface area contributed by atoms with Crippen molar-refractivity contribution in [3.63, 3.8) is 0 Å². The lowest BCUT2D eigenvalue weighted by atomic mass is 10.1. The van der Waals surface area contributed by atoms with E-state index < -0.39 is 0 Å². The minimum absolute atomic E-state index is 0.0411. The van der Waals surface area contributed by atoms with Crippen LogP contribution in [0.4, 0.5) is 0 Å². The monoisotopic (exact) mass is 330 g/mol. The Bertz CT molecular complexity index is 1070. The van der Waals surface area contributed by atoms with Gasteiger partial charge in [-0.3, -0.25) is 9.36 Å². The molecule has 2 aromatic heterocycles. The number of benzene rings is 2. The zero-order valence-corrected chi connectivity index (χ0v) is 14.0. The van der Waals surface area contributed by atoms with E-state index in [0.717, 1.165) is 12.1 Å². The molecule has 0 saturated carbocycles. The Balaban J connectivity index is 1.74. The second-order valence-electron chi connectivity index (χ2n) is 5.98. The molecule has 0 aliphatic rings. The third-order valence-corrected chi connectivity index (χ3v) is 4.35. The first-order chi connectivity index (χ1) is 12.2. The summed E-state index contributed by atoms with van der Waals surface area (Å²) in [5.41, 5.74) is 2.66. The number of aromatic nitrogens is 4. The molecule has 124 valence electrons. The van der Waals surface area contributed by atoms with Gasteiger partial charge < -0.3 is 0 Å². The van der Waals surface area contributed by atoms with Gasteiger partial charge in [-0.05, 0) is 31.0 Å². The topological polar surface area (TPSA) is 52.7 Å². The number of hydrogen-bond acceptors (Lipinski definition) is 3. The van der Waals surface area contributed by atoms with Crippen molar-refractivity contribution in [2.45, 2.75) is 19.9 Å². The van der Waals surface area contributed by atoms with Gasteiger partial charge in [-0.2, -0.15) is 5.10 Å². The first-order valence-electron chi connectivity index (χ1n) is 8.28. The average molecular weight is 330 g/mol. The maximum Gasteiger partial charge on any atom is 0.264 e. The fraction of sp³-hybridized carbons (Fsp3) is 0.150. The van der Waals surface area contributed by atoms with Gasteiger partial charge >= 0.3 is 0 Å². The van der Waals surface area contributed by atoms with Crippen molar-refractivity contribution in [2.24, 2.45) is 0 Å². The molecule has 2 aromatic carbocycles. The van der Waals surface area contributed by atoms with Crippen molar-refractivity contribution in [3.8, 4) is 5.69 Å². The zero-order chi connectivity index (χ0) is 17.2. The van der Waals surface area contributed by atoms with Crippen LogP contribution in [-0.2, 0) is 13.0 Å². The smallest absolute Gasteiger partial charge is 0.264 e. The van der Waals surface area contributed by atoms with Crippen molar-refractivity contribution < 1.29 is 0 Å². The molecule has 0 radical (unpaired) electrons. The number of nitrogens with zero attached hydrogens (tertiary/aromatic N) is 4. The van der Waals surface area contributed by atoms with Crippen LogP contribution in [-0.4, -0.2) is 19.3 Å². The van der Waals surface area contributed by atoms with Crippen LogP contribution in [0.3, 0.4) is 0 Å². The molecule has 4 aromatic rings. The van der Waals surface area contributed by atoms with E-state index >= 15 is 0 Å². The quantitative estimate of drug-likeness (QED) is 0.578. The van der Waals surface area contributed by atoms with Crippen molar-refractivity contribution >= 4 is 11.0 Å². The first kappa shape index (κ1) is 15.3. The van der Waals surface area contributed by atoms with Crippen molar-refractivity contribution in [2.75, 3.05) is 0 Å². The summed E-state index contributed by atoms with van der Waals surface area (Å²) < 4.78 is 3.44. The van der Waals surface area contributed by atoms with E-state index in [0.29, 0.717) is 23.4 Å². The molecule has 25 heavy (non-hydrogen) atoms. The molecule has 0 unspecified atom stereocenters. The van der Waals surface area contributed by atoms with E-state index in [1.54, 1.807) is 15.4 Å². The van der Waals surface area contributed by atoms with Crippen LogP contribution >= 0.6 is 0 Å². The number of aryl methyl sites for hydroxylation is 2. The fourth-order valence-corrected chi connectivity index (χ4v) is 3.01. The summed E-state index contributed by atoms with van der Waals surface area (Å²) in [5.74, 6) is 0.700. The van der Waals surface area contributed by atoms with Crippen LogP contribution in [0.25, 0.3) is 16.7 Å². The number of para-hydroxylation sites is 1. The lowest BCUT2D eigenvalue weighted by Crippen LogP contribution is -2.24. The summed E-state index contributed by atoms with van der Waals surface area (Å²) in [6.07, 6.45) is 2.40. The van der Waals surface area contributed by atoms with E-state index in [1.165, 1.54) is 5.56 Å². The molecule has 0 N–H and O–H groups in total. The molecule has 4 rings (SSSR count). The molecule has 0 bridgehead atoms. The molecule has 0 saturated heterocycles. The van der Waals surface area contributed by atoms with E-state index in [9.17, 15) is 4.79 Å². The fourth-order valence-electron chi connectivity index (χ4n) is 3.01. The number of rotatable bonds is 4. The number of hydrogen-bond donors (Lipinski definition) is 0. The van der Waals surface area contributed by atoms with Gasteiger partial charge in [0.15, 0.2) is 5.65 Å². The van der Waals surface area contributed by atoms with Crippen LogP contribution < -0.4 is 5.56 Å². The van der Waals surface area contributed by atoms with E-state index in [2.05, 4.69) is 22.2 Å². The highest BCUT2D eigenvalue weighted by Crippen LogP contribution is 2.14. The third kappa shape index (κ3) is 2.85. The second-order valence-corrected chi connectivity index (χ2v) is 5.98. The highest BCUT2D eigenvalue weighted by molar-refractivity contribution is 5.75. The first-order valence-corrected chi connectivity index (χ1v) is 8.28. The summed E-state index contributed by atoms with van der Waals surface area (Å²) in [4.78, 5) is 17.5. The second kappa shape index (κ2) is 6.36. The molecule has 0 fully saturated rings. The zero-order valence-electron chi connectivity index (χ0n) is 14.0. The molecule has 0 aliphatic carbocycles. The van der Waals surface area contributed by atoms with E-state index in [-0.39, 0.29) is 5.56 Å². The van der Waals surface area contributed by atoms with Gasteiger partial charge in [0.25, 0.3) is 5.56 Å². The summed E-state index contributed by atoms with van der Waals surface area (Å²) >= 11 is 0. The van der Waals surface area contributed by atoms with Crippen molar-refractivity contribution in [1.29, 1.82) is 0 Å². The molecular weight excluding hydrogens is 312 g/mol. The highest BCUT2D eigenvalue weighted by atomic mass is 16.1. The van der Waals surface area contributed by atoms with E-state index in [1.807, 2.05) is 55.5 Å². The normalized spacial score (nSPS) is 11.1. The molecule has 0 atom stereocenters. The average Bonchev–Trinajstić information content (AvgIpc) is 3.07.